The van der Waals surface area contributed by atoms with Gasteiger partial charge in [-0.25, -0.2) is 0 Å². The number of para-hydroxylation sites is 1. The molecule has 26 heavy (non-hydrogen) atoms. The van der Waals surface area contributed by atoms with E-state index in [-0.39, 0.29) is 5.91 Å². The molecular weight excluding hydrogens is 346 g/mol. The van der Waals surface area contributed by atoms with Gasteiger partial charge in [-0.3, -0.25) is 4.79 Å². The Kier molecular flexibility index (Phi) is 4.38. The van der Waals surface area contributed by atoms with Gasteiger partial charge in [-0.1, -0.05) is 31.2 Å². The van der Waals surface area contributed by atoms with Crippen molar-refractivity contribution in [2.45, 2.75) is 33.4 Å². The molecule has 0 atom stereocenters. The standard InChI is InChI=1S/C19H19N5OS/c1-3-17(25)23(12-16-8-5-9-26-16)11-15-10-14-7-4-6-13(2)18(14)24-19(15)20-21-22-24/h4-10H,3,11-12H2,1-2H3. The SMILES string of the molecule is CCC(=O)N(Cc1cccs1)Cc1cc2cccc(C)c2n2nnnc12. The predicted molar refractivity (Wildman–Crippen MR) is 102 cm³/mol. The summed E-state index contributed by atoms with van der Waals surface area (Å²) in [6, 6.07) is 12.3. The predicted octanol–water partition coefficient (Wildman–Crippen LogP) is 3.59. The lowest BCUT2D eigenvalue weighted by molar-refractivity contribution is -0.132. The molecule has 4 aromatic rings. The monoisotopic (exact) mass is 365 g/mol. The minimum Gasteiger partial charge on any atom is -0.333 e. The Morgan fingerprint density at radius 1 is 1.23 bits per heavy atom. The van der Waals surface area contributed by atoms with Crippen LogP contribution in [-0.4, -0.2) is 30.8 Å². The van der Waals surface area contributed by atoms with Crippen molar-refractivity contribution in [3.8, 4) is 0 Å². The summed E-state index contributed by atoms with van der Waals surface area (Å²) in [6.07, 6.45) is 0.472. The third-order valence-corrected chi connectivity index (χ3v) is 5.37. The zero-order valence-corrected chi connectivity index (χ0v) is 15.5. The average Bonchev–Trinajstić information content (AvgIpc) is 3.32. The van der Waals surface area contributed by atoms with Gasteiger partial charge in [-0.2, -0.15) is 4.52 Å². The average molecular weight is 365 g/mol. The molecule has 132 valence electrons. The number of pyridine rings is 1. The van der Waals surface area contributed by atoms with E-state index in [1.165, 1.54) is 4.88 Å². The van der Waals surface area contributed by atoms with Crippen molar-refractivity contribution in [2.24, 2.45) is 0 Å². The van der Waals surface area contributed by atoms with Crippen LogP contribution in [0, 0.1) is 6.92 Å². The van der Waals surface area contributed by atoms with Gasteiger partial charge in [0.25, 0.3) is 0 Å². The van der Waals surface area contributed by atoms with E-state index in [1.54, 1.807) is 15.9 Å². The van der Waals surface area contributed by atoms with Gasteiger partial charge >= 0.3 is 0 Å². The molecule has 0 saturated heterocycles. The summed E-state index contributed by atoms with van der Waals surface area (Å²) in [5.41, 5.74) is 3.77. The van der Waals surface area contributed by atoms with Crippen LogP contribution in [0.4, 0.5) is 0 Å². The van der Waals surface area contributed by atoms with Crippen LogP contribution < -0.4 is 0 Å². The molecule has 0 aliphatic heterocycles. The molecule has 3 aromatic heterocycles. The van der Waals surface area contributed by atoms with Gasteiger partial charge in [-0.15, -0.1) is 16.4 Å². The number of aryl methyl sites for hydroxylation is 1. The summed E-state index contributed by atoms with van der Waals surface area (Å²) >= 11 is 1.66. The molecule has 0 radical (unpaired) electrons. The smallest absolute Gasteiger partial charge is 0.222 e. The Bertz CT molecular complexity index is 1070. The van der Waals surface area contributed by atoms with Crippen molar-refractivity contribution in [3.63, 3.8) is 0 Å². The van der Waals surface area contributed by atoms with Crippen LogP contribution in [0.3, 0.4) is 0 Å². The lowest BCUT2D eigenvalue weighted by atomic mass is 10.1. The van der Waals surface area contributed by atoms with Crippen molar-refractivity contribution in [1.82, 2.24) is 24.9 Å². The number of carbonyl (C=O) groups excluding carboxylic acids is 1. The number of nitrogens with zero attached hydrogens (tertiary/aromatic N) is 5. The second-order valence-electron chi connectivity index (χ2n) is 6.28. The minimum atomic E-state index is 0.119. The van der Waals surface area contributed by atoms with E-state index in [9.17, 15) is 4.79 Å². The molecule has 0 N–H and O–H groups in total. The molecule has 3 heterocycles. The highest BCUT2D eigenvalue weighted by atomic mass is 32.1. The first-order chi connectivity index (χ1) is 12.7. The number of fused-ring (bicyclic) bond motifs is 3. The Labute approximate surface area is 155 Å². The lowest BCUT2D eigenvalue weighted by Crippen LogP contribution is -2.29. The molecule has 6 nitrogen and oxygen atoms in total. The molecular formula is C19H19N5OS. The van der Waals surface area contributed by atoms with Gasteiger partial charge in [-0.05, 0) is 40.4 Å². The third-order valence-electron chi connectivity index (χ3n) is 4.51. The Balaban J connectivity index is 1.78. The summed E-state index contributed by atoms with van der Waals surface area (Å²) in [4.78, 5) is 15.5. The number of amides is 1. The number of tetrazole rings is 1. The summed E-state index contributed by atoms with van der Waals surface area (Å²) < 4.78 is 1.78. The maximum atomic E-state index is 12.5. The maximum absolute atomic E-state index is 12.5. The van der Waals surface area contributed by atoms with E-state index in [0.717, 1.165) is 22.0 Å². The fraction of sp³-hybridized carbons (Fsp3) is 0.263. The highest BCUT2D eigenvalue weighted by Crippen LogP contribution is 2.24. The molecule has 0 unspecified atom stereocenters. The highest BCUT2D eigenvalue weighted by Gasteiger charge is 2.18. The van der Waals surface area contributed by atoms with Crippen molar-refractivity contribution < 1.29 is 4.79 Å². The highest BCUT2D eigenvalue weighted by molar-refractivity contribution is 7.09. The molecule has 0 spiro atoms. The second-order valence-corrected chi connectivity index (χ2v) is 7.31. The molecule has 1 aromatic carbocycles. The van der Waals surface area contributed by atoms with E-state index in [4.69, 9.17) is 0 Å². The van der Waals surface area contributed by atoms with Gasteiger partial charge < -0.3 is 4.90 Å². The van der Waals surface area contributed by atoms with Crippen LogP contribution in [0.15, 0.2) is 41.8 Å². The van der Waals surface area contributed by atoms with Crippen LogP contribution in [0.2, 0.25) is 0 Å². The van der Waals surface area contributed by atoms with Gasteiger partial charge in [0.05, 0.1) is 12.1 Å². The van der Waals surface area contributed by atoms with Crippen LogP contribution >= 0.6 is 11.3 Å². The molecule has 7 heteroatoms. The fourth-order valence-electron chi connectivity index (χ4n) is 3.25. The van der Waals surface area contributed by atoms with Gasteiger partial charge in [0.1, 0.15) is 0 Å². The van der Waals surface area contributed by atoms with Crippen LogP contribution in [0.5, 0.6) is 0 Å². The van der Waals surface area contributed by atoms with Crippen molar-refractivity contribution in [3.05, 3.63) is 57.8 Å². The minimum absolute atomic E-state index is 0.119. The first-order valence-corrected chi connectivity index (χ1v) is 9.44. The summed E-state index contributed by atoms with van der Waals surface area (Å²) in [7, 11) is 0. The summed E-state index contributed by atoms with van der Waals surface area (Å²) in [6.45, 7) is 5.02. The van der Waals surface area contributed by atoms with Crippen LogP contribution in [0.25, 0.3) is 16.6 Å². The zero-order chi connectivity index (χ0) is 18.1. The Hall–Kier alpha value is -2.80. The topological polar surface area (TPSA) is 63.4 Å². The van der Waals surface area contributed by atoms with Gasteiger partial charge in [0.15, 0.2) is 5.65 Å². The summed E-state index contributed by atoms with van der Waals surface area (Å²) in [5, 5.41) is 15.3. The van der Waals surface area contributed by atoms with Crippen LogP contribution in [-0.2, 0) is 17.9 Å². The van der Waals surface area contributed by atoms with E-state index in [2.05, 4.69) is 33.7 Å². The molecule has 0 fully saturated rings. The zero-order valence-electron chi connectivity index (χ0n) is 14.7. The number of hydrogen-bond acceptors (Lipinski definition) is 5. The third kappa shape index (κ3) is 2.94. The second kappa shape index (κ2) is 6.84. The number of benzene rings is 1. The normalized spacial score (nSPS) is 11.3. The molecule has 1 amide bonds. The van der Waals surface area contributed by atoms with E-state index in [0.29, 0.717) is 25.2 Å². The van der Waals surface area contributed by atoms with E-state index in [1.807, 2.05) is 42.3 Å². The number of aromatic nitrogens is 4. The number of carbonyl (C=O) groups is 1. The van der Waals surface area contributed by atoms with Crippen LogP contribution in [0.1, 0.15) is 29.3 Å². The number of rotatable bonds is 5. The molecule has 4 rings (SSSR count). The largest absolute Gasteiger partial charge is 0.333 e. The maximum Gasteiger partial charge on any atom is 0.222 e. The molecule has 0 aliphatic carbocycles. The lowest BCUT2D eigenvalue weighted by Gasteiger charge is -2.22. The van der Waals surface area contributed by atoms with Crippen molar-refractivity contribution in [2.75, 3.05) is 0 Å². The number of hydrogen-bond donors (Lipinski definition) is 0. The molecule has 0 bridgehead atoms. The number of thiophene rings is 1. The first kappa shape index (κ1) is 16.7. The first-order valence-electron chi connectivity index (χ1n) is 8.57. The fourth-order valence-corrected chi connectivity index (χ4v) is 3.97. The van der Waals surface area contributed by atoms with Crippen molar-refractivity contribution in [1.29, 1.82) is 0 Å². The van der Waals surface area contributed by atoms with E-state index < -0.39 is 0 Å². The quantitative estimate of drug-likeness (QED) is 0.542. The Morgan fingerprint density at radius 3 is 2.88 bits per heavy atom. The van der Waals surface area contributed by atoms with E-state index >= 15 is 0 Å². The molecule has 0 aliphatic rings. The molecule has 0 saturated carbocycles. The van der Waals surface area contributed by atoms with Gasteiger partial charge in [0, 0.05) is 28.8 Å². The van der Waals surface area contributed by atoms with Crippen molar-refractivity contribution >= 4 is 33.8 Å². The Morgan fingerprint density at radius 2 is 2.12 bits per heavy atom. The summed E-state index contributed by atoms with van der Waals surface area (Å²) in [5.74, 6) is 0.119. The van der Waals surface area contributed by atoms with Gasteiger partial charge in [0.2, 0.25) is 5.91 Å².